The number of amides is 3. The maximum absolute atomic E-state index is 12.5. The van der Waals surface area contributed by atoms with E-state index in [4.69, 9.17) is 14.6 Å². The van der Waals surface area contributed by atoms with Crippen LogP contribution in [-0.4, -0.2) is 93.0 Å². The van der Waals surface area contributed by atoms with Crippen molar-refractivity contribution in [3.8, 4) is 11.5 Å². The van der Waals surface area contributed by atoms with Gasteiger partial charge in [0.1, 0.15) is 0 Å². The van der Waals surface area contributed by atoms with Gasteiger partial charge in [-0.3, -0.25) is 9.69 Å². The second kappa shape index (κ2) is 9.11. The first kappa shape index (κ1) is 20.2. The normalized spacial score (nSPS) is 20.4. The number of nitrogens with one attached hydrogen (secondary N) is 1. The van der Waals surface area contributed by atoms with Crippen LogP contribution in [0.4, 0.5) is 10.5 Å². The molecule has 1 unspecified atom stereocenters. The number of aliphatic hydroxyl groups excluding tert-OH is 1. The molecule has 0 spiro atoms. The Labute approximate surface area is 164 Å². The summed E-state index contributed by atoms with van der Waals surface area (Å²) in [6.07, 6.45) is 0.268. The van der Waals surface area contributed by atoms with Gasteiger partial charge in [-0.05, 0) is 12.1 Å². The lowest BCUT2D eigenvalue weighted by Gasteiger charge is -2.34. The zero-order valence-corrected chi connectivity index (χ0v) is 16.4. The van der Waals surface area contributed by atoms with Crippen molar-refractivity contribution in [1.29, 1.82) is 0 Å². The van der Waals surface area contributed by atoms with E-state index in [2.05, 4.69) is 10.2 Å². The van der Waals surface area contributed by atoms with Crippen molar-refractivity contribution in [3.05, 3.63) is 18.2 Å². The maximum Gasteiger partial charge on any atom is 0.317 e. The minimum atomic E-state index is -0.233. The van der Waals surface area contributed by atoms with Crippen LogP contribution in [0.1, 0.15) is 6.42 Å². The first-order chi connectivity index (χ1) is 13.5. The van der Waals surface area contributed by atoms with Gasteiger partial charge in [0, 0.05) is 57.4 Å². The molecule has 1 atom stereocenters. The second-order valence-electron chi connectivity index (χ2n) is 6.95. The Morgan fingerprint density at radius 1 is 1.18 bits per heavy atom. The Morgan fingerprint density at radius 3 is 2.54 bits per heavy atom. The van der Waals surface area contributed by atoms with Crippen molar-refractivity contribution in [2.24, 2.45) is 0 Å². The molecule has 0 saturated carbocycles. The van der Waals surface area contributed by atoms with Gasteiger partial charge in [0.2, 0.25) is 5.91 Å². The number of methoxy groups -OCH3 is 2. The summed E-state index contributed by atoms with van der Waals surface area (Å²) in [6.45, 7) is 3.91. The number of β-amino-alcohol motifs (C(OH)–C–C–N with tert-alkyl or cyclic N) is 1. The standard InChI is InChI=1S/C19H28N4O5/c1-27-16-4-3-15(12-17(16)28-2)23-13-14(11-18(23)25)20-19(26)22-7-5-21(6-8-22)9-10-24/h3-4,12,14,24H,5-11,13H2,1-2H3,(H,20,26). The van der Waals surface area contributed by atoms with E-state index in [9.17, 15) is 9.59 Å². The molecule has 2 N–H and O–H groups in total. The number of aliphatic hydroxyl groups is 1. The van der Waals surface area contributed by atoms with E-state index in [-0.39, 0.29) is 31.0 Å². The average Bonchev–Trinajstić information content (AvgIpc) is 3.08. The van der Waals surface area contributed by atoms with Crippen LogP contribution in [0.25, 0.3) is 0 Å². The third-order valence-electron chi connectivity index (χ3n) is 5.21. The lowest BCUT2D eigenvalue weighted by Crippen LogP contribution is -2.54. The Bertz CT molecular complexity index is 706. The monoisotopic (exact) mass is 392 g/mol. The molecule has 0 bridgehead atoms. The summed E-state index contributed by atoms with van der Waals surface area (Å²) < 4.78 is 10.5. The molecule has 2 fully saturated rings. The predicted octanol–water partition coefficient (Wildman–Crippen LogP) is 0.129. The van der Waals surface area contributed by atoms with Crippen molar-refractivity contribution in [2.45, 2.75) is 12.5 Å². The third-order valence-corrected chi connectivity index (χ3v) is 5.21. The number of carbonyl (C=O) groups excluding carboxylic acids is 2. The highest BCUT2D eigenvalue weighted by atomic mass is 16.5. The summed E-state index contributed by atoms with van der Waals surface area (Å²) in [6, 6.07) is 4.96. The number of hydrogen-bond donors (Lipinski definition) is 2. The Balaban J connectivity index is 1.57. The molecule has 28 heavy (non-hydrogen) atoms. The molecule has 2 aliphatic rings. The van der Waals surface area contributed by atoms with E-state index in [0.717, 1.165) is 18.8 Å². The van der Waals surface area contributed by atoms with Crippen LogP contribution >= 0.6 is 0 Å². The van der Waals surface area contributed by atoms with Gasteiger partial charge in [-0.1, -0.05) is 0 Å². The summed E-state index contributed by atoms with van der Waals surface area (Å²) in [5.74, 6) is 1.12. The lowest BCUT2D eigenvalue weighted by molar-refractivity contribution is -0.117. The predicted molar refractivity (Wildman–Crippen MR) is 104 cm³/mol. The minimum absolute atomic E-state index is 0.0368. The largest absolute Gasteiger partial charge is 0.493 e. The zero-order chi connectivity index (χ0) is 20.1. The van der Waals surface area contributed by atoms with Crippen LogP contribution in [0.5, 0.6) is 11.5 Å². The molecule has 9 heteroatoms. The number of ether oxygens (including phenoxy) is 2. The van der Waals surface area contributed by atoms with Crippen molar-refractivity contribution in [3.63, 3.8) is 0 Å². The SMILES string of the molecule is COc1ccc(N2CC(NC(=O)N3CCN(CCO)CC3)CC2=O)cc1OC. The highest BCUT2D eigenvalue weighted by molar-refractivity contribution is 5.97. The Kier molecular flexibility index (Phi) is 6.58. The average molecular weight is 392 g/mol. The highest BCUT2D eigenvalue weighted by Gasteiger charge is 2.33. The molecule has 2 saturated heterocycles. The first-order valence-electron chi connectivity index (χ1n) is 9.46. The number of hydrogen-bond acceptors (Lipinski definition) is 6. The number of carbonyl (C=O) groups is 2. The lowest BCUT2D eigenvalue weighted by atomic mass is 10.2. The van der Waals surface area contributed by atoms with E-state index in [1.54, 1.807) is 36.2 Å². The highest BCUT2D eigenvalue weighted by Crippen LogP contribution is 2.33. The van der Waals surface area contributed by atoms with Crippen molar-refractivity contribution >= 4 is 17.6 Å². The van der Waals surface area contributed by atoms with Crippen molar-refractivity contribution in [1.82, 2.24) is 15.1 Å². The van der Waals surface area contributed by atoms with Gasteiger partial charge in [0.05, 0.1) is 26.9 Å². The first-order valence-corrected chi connectivity index (χ1v) is 9.46. The Morgan fingerprint density at radius 2 is 1.89 bits per heavy atom. The van der Waals surface area contributed by atoms with Crippen LogP contribution in [0.2, 0.25) is 0 Å². The second-order valence-corrected chi connectivity index (χ2v) is 6.95. The van der Waals surface area contributed by atoms with E-state index < -0.39 is 0 Å². The van der Waals surface area contributed by atoms with Crippen molar-refractivity contribution in [2.75, 3.05) is 65.0 Å². The smallest absolute Gasteiger partial charge is 0.317 e. The zero-order valence-electron chi connectivity index (χ0n) is 16.4. The van der Waals surface area contributed by atoms with Crippen LogP contribution in [0.15, 0.2) is 18.2 Å². The van der Waals surface area contributed by atoms with Gasteiger partial charge >= 0.3 is 6.03 Å². The fraction of sp³-hybridized carbons (Fsp3) is 0.579. The molecule has 0 aromatic heterocycles. The van der Waals surface area contributed by atoms with Crippen LogP contribution in [-0.2, 0) is 4.79 Å². The molecule has 154 valence electrons. The van der Waals surface area contributed by atoms with E-state index >= 15 is 0 Å². The summed E-state index contributed by atoms with van der Waals surface area (Å²) in [5.41, 5.74) is 0.719. The van der Waals surface area contributed by atoms with Gasteiger partial charge in [0.15, 0.2) is 11.5 Å². The summed E-state index contributed by atoms with van der Waals surface area (Å²) in [5, 5.41) is 12.0. The van der Waals surface area contributed by atoms with E-state index in [0.29, 0.717) is 37.7 Å². The molecule has 0 aliphatic carbocycles. The molecule has 2 aliphatic heterocycles. The number of benzene rings is 1. The number of urea groups is 1. The molecule has 3 amide bonds. The van der Waals surface area contributed by atoms with E-state index in [1.165, 1.54) is 0 Å². The number of piperazine rings is 1. The van der Waals surface area contributed by atoms with Crippen molar-refractivity contribution < 1.29 is 24.2 Å². The summed E-state index contributed by atoms with van der Waals surface area (Å²) in [4.78, 5) is 30.6. The van der Waals surface area contributed by atoms with Crippen LogP contribution < -0.4 is 19.7 Å². The van der Waals surface area contributed by atoms with E-state index in [1.807, 2.05) is 6.07 Å². The molecule has 2 heterocycles. The van der Waals surface area contributed by atoms with Gasteiger partial charge < -0.3 is 29.7 Å². The minimum Gasteiger partial charge on any atom is -0.493 e. The number of nitrogens with zero attached hydrogens (tertiary/aromatic N) is 3. The third kappa shape index (κ3) is 4.48. The fourth-order valence-electron chi connectivity index (χ4n) is 3.63. The molecular formula is C19H28N4O5. The van der Waals surface area contributed by atoms with Gasteiger partial charge in [-0.25, -0.2) is 4.79 Å². The van der Waals surface area contributed by atoms with Gasteiger partial charge in [0.25, 0.3) is 0 Å². The van der Waals surface area contributed by atoms with Gasteiger partial charge in [-0.15, -0.1) is 0 Å². The molecular weight excluding hydrogens is 364 g/mol. The quantitative estimate of drug-likeness (QED) is 0.715. The van der Waals surface area contributed by atoms with Gasteiger partial charge in [-0.2, -0.15) is 0 Å². The molecule has 0 radical (unpaired) electrons. The molecule has 1 aromatic carbocycles. The topological polar surface area (TPSA) is 94.6 Å². The van der Waals surface area contributed by atoms with Crippen LogP contribution in [0, 0.1) is 0 Å². The maximum atomic E-state index is 12.5. The Hall–Kier alpha value is -2.52. The summed E-state index contributed by atoms with van der Waals surface area (Å²) in [7, 11) is 3.12. The number of anilines is 1. The molecule has 1 aromatic rings. The summed E-state index contributed by atoms with van der Waals surface area (Å²) >= 11 is 0. The fourth-order valence-corrected chi connectivity index (χ4v) is 3.63. The molecule has 9 nitrogen and oxygen atoms in total. The van der Waals surface area contributed by atoms with Crippen LogP contribution in [0.3, 0.4) is 0 Å². The molecule has 3 rings (SSSR count). The number of rotatable bonds is 6.